The Bertz CT molecular complexity index is 717. The van der Waals surface area contributed by atoms with Crippen LogP contribution in [0.3, 0.4) is 0 Å². The van der Waals surface area contributed by atoms with Gasteiger partial charge in [0.2, 0.25) is 0 Å². The van der Waals surface area contributed by atoms with Crippen molar-refractivity contribution in [2.24, 2.45) is 0 Å². The van der Waals surface area contributed by atoms with E-state index in [1.54, 1.807) is 11.3 Å². The van der Waals surface area contributed by atoms with Gasteiger partial charge in [0.05, 0.1) is 5.69 Å². The second-order valence-corrected chi connectivity index (χ2v) is 5.40. The third-order valence-corrected chi connectivity index (χ3v) is 4.10. The third-order valence-electron chi connectivity index (χ3n) is 3.23. The van der Waals surface area contributed by atoms with Crippen LogP contribution in [0.4, 0.5) is 5.69 Å². The van der Waals surface area contributed by atoms with Crippen LogP contribution in [-0.4, -0.2) is 9.97 Å². The molecule has 0 saturated heterocycles. The Hall–Kier alpha value is -2.20. The van der Waals surface area contributed by atoms with Crippen LogP contribution in [0.15, 0.2) is 48.1 Å². The number of anilines is 1. The molecule has 3 nitrogen and oxygen atoms in total. The highest BCUT2D eigenvalue weighted by atomic mass is 32.1. The van der Waals surface area contributed by atoms with Crippen molar-refractivity contribution in [1.29, 1.82) is 0 Å². The second kappa shape index (κ2) is 5.43. The van der Waals surface area contributed by atoms with Crippen molar-refractivity contribution in [2.75, 3.05) is 5.73 Å². The van der Waals surface area contributed by atoms with E-state index in [0.717, 1.165) is 28.4 Å². The van der Waals surface area contributed by atoms with Crippen LogP contribution in [-0.2, 0) is 6.42 Å². The van der Waals surface area contributed by atoms with E-state index >= 15 is 0 Å². The fourth-order valence-corrected chi connectivity index (χ4v) is 2.99. The van der Waals surface area contributed by atoms with Crippen molar-refractivity contribution in [1.82, 2.24) is 9.97 Å². The third kappa shape index (κ3) is 2.42. The Morgan fingerprint density at radius 2 is 1.95 bits per heavy atom. The van der Waals surface area contributed by atoms with Crippen LogP contribution < -0.4 is 5.73 Å². The summed E-state index contributed by atoms with van der Waals surface area (Å²) in [6.45, 7) is 2.13. The normalized spacial score (nSPS) is 10.7. The topological polar surface area (TPSA) is 51.8 Å². The van der Waals surface area contributed by atoms with Gasteiger partial charge in [0.15, 0.2) is 0 Å². The maximum atomic E-state index is 5.71. The maximum absolute atomic E-state index is 5.71. The number of nitrogens with zero attached hydrogens (tertiary/aromatic N) is 2. The van der Waals surface area contributed by atoms with Crippen LogP contribution in [0, 0.1) is 0 Å². The van der Waals surface area contributed by atoms with Crippen LogP contribution in [0.2, 0.25) is 0 Å². The van der Waals surface area contributed by atoms with Crippen molar-refractivity contribution in [2.45, 2.75) is 13.3 Å². The SMILES string of the molecule is CCc1cnccc1-c1nc(-c2ccc(N)cc2)cs1. The number of rotatable bonds is 3. The molecule has 2 aromatic heterocycles. The molecule has 0 atom stereocenters. The largest absolute Gasteiger partial charge is 0.399 e. The van der Waals surface area contributed by atoms with Crippen molar-refractivity contribution in [3.8, 4) is 21.8 Å². The molecule has 0 aliphatic rings. The molecule has 0 aliphatic heterocycles. The molecule has 0 amide bonds. The lowest BCUT2D eigenvalue weighted by atomic mass is 10.1. The molecule has 3 rings (SSSR count). The van der Waals surface area contributed by atoms with E-state index < -0.39 is 0 Å². The zero-order valence-corrected chi connectivity index (χ0v) is 12.0. The number of nitrogen functional groups attached to an aromatic ring is 1. The first-order chi connectivity index (χ1) is 9.78. The van der Waals surface area contributed by atoms with E-state index in [0.29, 0.717) is 0 Å². The van der Waals surface area contributed by atoms with E-state index in [-0.39, 0.29) is 0 Å². The lowest BCUT2D eigenvalue weighted by Gasteiger charge is -2.03. The van der Waals surface area contributed by atoms with Crippen LogP contribution >= 0.6 is 11.3 Å². The minimum absolute atomic E-state index is 0.770. The predicted octanol–water partition coefficient (Wildman–Crippen LogP) is 4.02. The van der Waals surface area contributed by atoms with Gasteiger partial charge < -0.3 is 5.73 Å². The van der Waals surface area contributed by atoms with Gasteiger partial charge in [-0.1, -0.05) is 19.1 Å². The summed E-state index contributed by atoms with van der Waals surface area (Å²) in [6, 6.07) is 9.84. The molecule has 4 heteroatoms. The number of benzene rings is 1. The Labute approximate surface area is 122 Å². The fourth-order valence-electron chi connectivity index (χ4n) is 2.10. The van der Waals surface area contributed by atoms with E-state index in [4.69, 9.17) is 10.7 Å². The number of nitrogens with two attached hydrogens (primary N) is 1. The van der Waals surface area contributed by atoms with Crippen molar-refractivity contribution in [3.63, 3.8) is 0 Å². The zero-order chi connectivity index (χ0) is 13.9. The minimum atomic E-state index is 0.770. The first kappa shape index (κ1) is 12.8. The fraction of sp³-hybridized carbons (Fsp3) is 0.125. The van der Waals surface area contributed by atoms with Gasteiger partial charge in [0, 0.05) is 34.6 Å². The Kier molecular flexibility index (Phi) is 3.48. The summed E-state index contributed by atoms with van der Waals surface area (Å²) in [5.41, 5.74) is 11.0. The van der Waals surface area contributed by atoms with Crippen LogP contribution in [0.5, 0.6) is 0 Å². The number of aryl methyl sites for hydroxylation is 1. The van der Waals surface area contributed by atoms with Crippen molar-refractivity contribution < 1.29 is 0 Å². The molecule has 0 radical (unpaired) electrons. The summed E-state index contributed by atoms with van der Waals surface area (Å²) in [7, 11) is 0. The first-order valence-corrected chi connectivity index (χ1v) is 7.40. The molecule has 3 aromatic rings. The molecule has 0 saturated carbocycles. The predicted molar refractivity (Wildman–Crippen MR) is 84.6 cm³/mol. The molecule has 20 heavy (non-hydrogen) atoms. The smallest absolute Gasteiger partial charge is 0.124 e. The highest BCUT2D eigenvalue weighted by molar-refractivity contribution is 7.13. The second-order valence-electron chi connectivity index (χ2n) is 4.55. The van der Waals surface area contributed by atoms with E-state index in [2.05, 4.69) is 17.3 Å². The standard InChI is InChI=1S/C16H15N3S/c1-2-11-9-18-8-7-14(11)16-19-15(10-20-16)12-3-5-13(17)6-4-12/h3-10H,2,17H2,1H3. The highest BCUT2D eigenvalue weighted by Crippen LogP contribution is 2.31. The molecule has 2 heterocycles. The van der Waals surface area contributed by atoms with Gasteiger partial charge in [0.25, 0.3) is 0 Å². The summed E-state index contributed by atoms with van der Waals surface area (Å²) >= 11 is 1.66. The molecule has 1 aromatic carbocycles. The maximum Gasteiger partial charge on any atom is 0.124 e. The van der Waals surface area contributed by atoms with E-state index in [1.807, 2.05) is 42.7 Å². The van der Waals surface area contributed by atoms with Crippen molar-refractivity contribution in [3.05, 3.63) is 53.7 Å². The number of thiazole rings is 1. The average molecular weight is 281 g/mol. The molecular formula is C16H15N3S. The minimum Gasteiger partial charge on any atom is -0.399 e. The summed E-state index contributed by atoms with van der Waals surface area (Å²) in [5, 5.41) is 3.12. The Balaban J connectivity index is 2.00. The summed E-state index contributed by atoms with van der Waals surface area (Å²) in [4.78, 5) is 8.92. The Morgan fingerprint density at radius 3 is 2.70 bits per heavy atom. The molecular weight excluding hydrogens is 266 g/mol. The molecule has 0 aliphatic carbocycles. The lowest BCUT2D eigenvalue weighted by molar-refractivity contribution is 1.10. The summed E-state index contributed by atoms with van der Waals surface area (Å²) < 4.78 is 0. The van der Waals surface area contributed by atoms with Gasteiger partial charge in [-0.05, 0) is 30.2 Å². The first-order valence-electron chi connectivity index (χ1n) is 6.52. The van der Waals surface area contributed by atoms with E-state index in [1.165, 1.54) is 11.1 Å². The molecule has 0 unspecified atom stereocenters. The van der Waals surface area contributed by atoms with E-state index in [9.17, 15) is 0 Å². The Morgan fingerprint density at radius 1 is 1.15 bits per heavy atom. The molecule has 2 N–H and O–H groups in total. The lowest BCUT2D eigenvalue weighted by Crippen LogP contribution is -1.88. The van der Waals surface area contributed by atoms with Crippen LogP contribution in [0.1, 0.15) is 12.5 Å². The van der Waals surface area contributed by atoms with Crippen molar-refractivity contribution >= 4 is 17.0 Å². The number of hydrogen-bond donors (Lipinski definition) is 1. The number of pyridine rings is 1. The molecule has 0 fully saturated rings. The summed E-state index contributed by atoms with van der Waals surface area (Å²) in [5.74, 6) is 0. The van der Waals surface area contributed by atoms with Gasteiger partial charge in [-0.2, -0.15) is 0 Å². The average Bonchev–Trinajstić information content (AvgIpc) is 2.97. The summed E-state index contributed by atoms with van der Waals surface area (Å²) in [6.07, 6.45) is 4.69. The van der Waals surface area contributed by atoms with Crippen LogP contribution in [0.25, 0.3) is 21.8 Å². The monoisotopic (exact) mass is 281 g/mol. The number of hydrogen-bond acceptors (Lipinski definition) is 4. The number of aromatic nitrogens is 2. The molecule has 100 valence electrons. The zero-order valence-electron chi connectivity index (χ0n) is 11.2. The van der Waals surface area contributed by atoms with Gasteiger partial charge in [-0.15, -0.1) is 11.3 Å². The quantitative estimate of drug-likeness (QED) is 0.738. The molecule has 0 spiro atoms. The van der Waals surface area contributed by atoms with Gasteiger partial charge in [0.1, 0.15) is 5.01 Å². The van der Waals surface area contributed by atoms with Gasteiger partial charge in [-0.25, -0.2) is 4.98 Å². The molecule has 0 bridgehead atoms. The van der Waals surface area contributed by atoms with Gasteiger partial charge >= 0.3 is 0 Å². The van der Waals surface area contributed by atoms with Gasteiger partial charge in [-0.3, -0.25) is 4.98 Å². The highest BCUT2D eigenvalue weighted by Gasteiger charge is 2.09.